The summed E-state index contributed by atoms with van der Waals surface area (Å²) in [5.41, 5.74) is 6.56. The zero-order valence-corrected chi connectivity index (χ0v) is 17.7. The molecule has 0 atom stereocenters. The van der Waals surface area contributed by atoms with Crippen LogP contribution in [0.15, 0.2) is 97.1 Å². The number of rotatable bonds is 6. The molecule has 0 aliphatic heterocycles. The molecule has 0 bridgehead atoms. The number of ketones is 1. The van der Waals surface area contributed by atoms with Crippen LogP contribution in [0.3, 0.4) is 0 Å². The van der Waals surface area contributed by atoms with E-state index in [-0.39, 0.29) is 5.78 Å². The van der Waals surface area contributed by atoms with E-state index in [1.165, 1.54) is 21.8 Å². The van der Waals surface area contributed by atoms with Crippen molar-refractivity contribution in [3.05, 3.63) is 103 Å². The van der Waals surface area contributed by atoms with Crippen LogP contribution < -0.4 is 0 Å². The van der Waals surface area contributed by atoms with Gasteiger partial charge in [0.05, 0.1) is 11.0 Å². The van der Waals surface area contributed by atoms with Gasteiger partial charge in [-0.15, -0.1) is 0 Å². The second-order valence-corrected chi connectivity index (χ2v) is 8.03. The molecule has 31 heavy (non-hydrogen) atoms. The number of fused-ring (bicyclic) bond motifs is 3. The van der Waals surface area contributed by atoms with Crippen molar-refractivity contribution in [2.45, 2.75) is 26.2 Å². The molecule has 5 rings (SSSR count). The molecule has 0 N–H and O–H groups in total. The molecule has 5 aromatic rings. The minimum atomic E-state index is 0.227. The van der Waals surface area contributed by atoms with Crippen LogP contribution in [0, 0.1) is 0 Å². The molecule has 4 aromatic carbocycles. The first-order valence-electron chi connectivity index (χ1n) is 11.0. The highest BCUT2D eigenvalue weighted by Crippen LogP contribution is 2.35. The molecule has 2 heteroatoms. The number of benzene rings is 4. The van der Waals surface area contributed by atoms with Gasteiger partial charge in [-0.2, -0.15) is 0 Å². The minimum absolute atomic E-state index is 0.227. The molecule has 0 spiro atoms. The van der Waals surface area contributed by atoms with Crippen molar-refractivity contribution in [3.8, 4) is 16.8 Å². The lowest BCUT2D eigenvalue weighted by atomic mass is 9.98. The SMILES string of the molecule is CCCCC(=O)c1cccc(-c2ccc3c(c2)c2ccccc2n3-c2ccccc2)c1. The molecule has 0 aliphatic carbocycles. The Kier molecular flexibility index (Phi) is 5.13. The van der Waals surface area contributed by atoms with Crippen LogP contribution in [0.2, 0.25) is 0 Å². The standard InChI is InChI=1S/C29H25NO/c1-2-3-16-29(31)23-11-9-10-21(19-23)22-17-18-28-26(20-22)25-14-7-8-15-27(25)30(28)24-12-5-4-6-13-24/h4-15,17-20H,2-3,16H2,1H3. The lowest BCUT2D eigenvalue weighted by molar-refractivity contribution is 0.0980. The summed E-state index contributed by atoms with van der Waals surface area (Å²) in [6.45, 7) is 2.12. The Morgan fingerprint density at radius 2 is 1.45 bits per heavy atom. The molecule has 0 radical (unpaired) electrons. The van der Waals surface area contributed by atoms with Gasteiger partial charge in [-0.3, -0.25) is 4.79 Å². The van der Waals surface area contributed by atoms with Crippen molar-refractivity contribution in [1.82, 2.24) is 4.57 Å². The largest absolute Gasteiger partial charge is 0.309 e. The third-order valence-corrected chi connectivity index (χ3v) is 5.96. The Hall–Kier alpha value is -3.65. The predicted molar refractivity (Wildman–Crippen MR) is 130 cm³/mol. The number of nitrogens with zero attached hydrogens (tertiary/aromatic N) is 1. The highest BCUT2D eigenvalue weighted by atomic mass is 16.1. The van der Waals surface area contributed by atoms with Gasteiger partial charge in [0.25, 0.3) is 0 Å². The molecule has 0 aliphatic rings. The third-order valence-electron chi connectivity index (χ3n) is 5.96. The normalized spacial score (nSPS) is 11.3. The monoisotopic (exact) mass is 403 g/mol. The summed E-state index contributed by atoms with van der Waals surface area (Å²) < 4.78 is 2.32. The van der Waals surface area contributed by atoms with Crippen LogP contribution in [0.25, 0.3) is 38.6 Å². The Balaban J connectivity index is 1.65. The van der Waals surface area contributed by atoms with Crippen LogP contribution in [-0.4, -0.2) is 10.4 Å². The van der Waals surface area contributed by atoms with E-state index in [4.69, 9.17) is 0 Å². The van der Waals surface area contributed by atoms with Crippen molar-refractivity contribution in [2.24, 2.45) is 0 Å². The molecule has 1 aromatic heterocycles. The molecule has 0 unspecified atom stereocenters. The van der Waals surface area contributed by atoms with Gasteiger partial charge in [-0.25, -0.2) is 0 Å². The lowest BCUT2D eigenvalue weighted by Gasteiger charge is -2.08. The second kappa shape index (κ2) is 8.23. The zero-order valence-electron chi connectivity index (χ0n) is 17.7. The number of carbonyl (C=O) groups is 1. The third kappa shape index (κ3) is 3.55. The van der Waals surface area contributed by atoms with Gasteiger partial charge in [-0.1, -0.05) is 74.0 Å². The van der Waals surface area contributed by atoms with Gasteiger partial charge in [-0.05, 0) is 53.9 Å². The number of aromatic nitrogens is 1. The second-order valence-electron chi connectivity index (χ2n) is 8.03. The maximum atomic E-state index is 12.5. The Morgan fingerprint density at radius 1 is 0.710 bits per heavy atom. The fraction of sp³-hybridized carbons (Fsp3) is 0.138. The van der Waals surface area contributed by atoms with Crippen LogP contribution in [0.1, 0.15) is 36.5 Å². The Morgan fingerprint density at radius 3 is 2.29 bits per heavy atom. The van der Waals surface area contributed by atoms with Gasteiger partial charge >= 0.3 is 0 Å². The molecular formula is C29H25NO. The van der Waals surface area contributed by atoms with Gasteiger partial charge in [0.15, 0.2) is 5.78 Å². The number of hydrogen-bond acceptors (Lipinski definition) is 1. The number of Topliss-reactive ketones (excluding diaryl/α,β-unsaturated/α-hetero) is 1. The molecule has 0 fully saturated rings. The number of para-hydroxylation sites is 2. The van der Waals surface area contributed by atoms with E-state index in [2.05, 4.69) is 84.3 Å². The van der Waals surface area contributed by atoms with E-state index >= 15 is 0 Å². The van der Waals surface area contributed by atoms with Crippen molar-refractivity contribution < 1.29 is 4.79 Å². The number of carbonyl (C=O) groups excluding carboxylic acids is 1. The summed E-state index contributed by atoms with van der Waals surface area (Å²) in [6.07, 6.45) is 2.59. The zero-order chi connectivity index (χ0) is 21.2. The van der Waals surface area contributed by atoms with Gasteiger partial charge in [0.2, 0.25) is 0 Å². The smallest absolute Gasteiger partial charge is 0.162 e. The summed E-state index contributed by atoms with van der Waals surface area (Å²) in [6, 6.07) is 33.7. The highest BCUT2D eigenvalue weighted by Gasteiger charge is 2.13. The molecule has 2 nitrogen and oxygen atoms in total. The molecule has 152 valence electrons. The first-order valence-corrected chi connectivity index (χ1v) is 11.0. The molecule has 0 saturated carbocycles. The maximum Gasteiger partial charge on any atom is 0.162 e. The van der Waals surface area contributed by atoms with E-state index in [9.17, 15) is 4.79 Å². The summed E-state index contributed by atoms with van der Waals surface area (Å²) in [7, 11) is 0. The molecule has 0 amide bonds. The predicted octanol–water partition coefficient (Wildman–Crippen LogP) is 7.82. The average molecular weight is 404 g/mol. The van der Waals surface area contributed by atoms with Gasteiger partial charge in [0, 0.05) is 28.4 Å². The van der Waals surface area contributed by atoms with E-state index in [0.717, 1.165) is 35.2 Å². The first kappa shape index (κ1) is 19.3. The van der Waals surface area contributed by atoms with Crippen molar-refractivity contribution in [3.63, 3.8) is 0 Å². The Labute approximate surface area is 182 Å². The lowest BCUT2D eigenvalue weighted by Crippen LogP contribution is -1.98. The van der Waals surface area contributed by atoms with Crippen LogP contribution in [0.4, 0.5) is 0 Å². The summed E-state index contributed by atoms with van der Waals surface area (Å²) in [5.74, 6) is 0.227. The molecule has 1 heterocycles. The minimum Gasteiger partial charge on any atom is -0.309 e. The van der Waals surface area contributed by atoms with Gasteiger partial charge < -0.3 is 4.57 Å². The van der Waals surface area contributed by atoms with Crippen molar-refractivity contribution in [1.29, 1.82) is 0 Å². The van der Waals surface area contributed by atoms with Crippen LogP contribution in [-0.2, 0) is 0 Å². The van der Waals surface area contributed by atoms with E-state index in [1.54, 1.807) is 0 Å². The molecule has 0 saturated heterocycles. The van der Waals surface area contributed by atoms with Crippen LogP contribution in [0.5, 0.6) is 0 Å². The average Bonchev–Trinajstić information content (AvgIpc) is 3.17. The first-order chi connectivity index (χ1) is 15.3. The highest BCUT2D eigenvalue weighted by molar-refractivity contribution is 6.10. The fourth-order valence-electron chi connectivity index (χ4n) is 4.36. The number of hydrogen-bond donors (Lipinski definition) is 0. The topological polar surface area (TPSA) is 22.0 Å². The summed E-state index contributed by atoms with van der Waals surface area (Å²) in [5, 5.41) is 2.46. The fourth-order valence-corrected chi connectivity index (χ4v) is 4.36. The van der Waals surface area contributed by atoms with Crippen molar-refractivity contribution in [2.75, 3.05) is 0 Å². The van der Waals surface area contributed by atoms with E-state index < -0.39 is 0 Å². The van der Waals surface area contributed by atoms with Crippen LogP contribution >= 0.6 is 0 Å². The maximum absolute atomic E-state index is 12.5. The summed E-state index contributed by atoms with van der Waals surface area (Å²) in [4.78, 5) is 12.5. The van der Waals surface area contributed by atoms with Crippen molar-refractivity contribution >= 4 is 27.6 Å². The summed E-state index contributed by atoms with van der Waals surface area (Å²) >= 11 is 0. The quantitative estimate of drug-likeness (QED) is 0.265. The number of unbranched alkanes of at least 4 members (excludes halogenated alkanes) is 1. The van der Waals surface area contributed by atoms with Gasteiger partial charge in [0.1, 0.15) is 0 Å². The molecular weight excluding hydrogens is 378 g/mol. The Bertz CT molecular complexity index is 1380. The van der Waals surface area contributed by atoms with E-state index in [1.807, 2.05) is 24.3 Å². The van der Waals surface area contributed by atoms with E-state index in [0.29, 0.717) is 6.42 Å².